The number of carboxylic acids is 1. The van der Waals surface area contributed by atoms with Crippen molar-refractivity contribution >= 4 is 17.7 Å². The monoisotopic (exact) mass is 189 g/mol. The fraction of sp³-hybridized carbons (Fsp3) is 0.875. The second-order valence-electron chi connectivity index (χ2n) is 3.67. The van der Waals surface area contributed by atoms with Crippen molar-refractivity contribution in [3.8, 4) is 0 Å². The first-order valence-electron chi connectivity index (χ1n) is 4.00. The Bertz CT molecular complexity index is 189. The van der Waals surface area contributed by atoms with E-state index >= 15 is 0 Å². The van der Waals surface area contributed by atoms with Crippen molar-refractivity contribution in [3.63, 3.8) is 0 Å². The van der Waals surface area contributed by atoms with Gasteiger partial charge in [0.2, 0.25) is 0 Å². The summed E-state index contributed by atoms with van der Waals surface area (Å²) in [4.78, 5) is 12.8. The fourth-order valence-corrected chi connectivity index (χ4v) is 1.95. The van der Waals surface area contributed by atoms with E-state index in [2.05, 4.69) is 0 Å². The lowest BCUT2D eigenvalue weighted by Gasteiger charge is -2.42. The Kier molecular flexibility index (Phi) is 2.68. The summed E-state index contributed by atoms with van der Waals surface area (Å²) in [6.07, 6.45) is 0. The van der Waals surface area contributed by atoms with Gasteiger partial charge in [-0.2, -0.15) is 11.8 Å². The van der Waals surface area contributed by atoms with Crippen LogP contribution in [0.2, 0.25) is 0 Å². The predicted octanol–water partition coefficient (Wildman–Crippen LogP) is 0.897. The molecule has 0 aromatic heterocycles. The zero-order valence-electron chi connectivity index (χ0n) is 7.70. The topological polar surface area (TPSA) is 40.5 Å². The van der Waals surface area contributed by atoms with Crippen LogP contribution in [-0.2, 0) is 4.79 Å². The number of nitrogens with zero attached hydrogens (tertiary/aromatic N) is 1. The summed E-state index contributed by atoms with van der Waals surface area (Å²) in [7, 11) is 1.89. The van der Waals surface area contributed by atoms with Crippen LogP contribution in [0.25, 0.3) is 0 Å². The van der Waals surface area contributed by atoms with E-state index in [0.717, 1.165) is 11.5 Å². The molecule has 3 nitrogen and oxygen atoms in total. The zero-order chi connectivity index (χ0) is 9.35. The highest BCUT2D eigenvalue weighted by molar-refractivity contribution is 8.00. The van der Waals surface area contributed by atoms with Gasteiger partial charge in [-0.25, -0.2) is 0 Å². The lowest BCUT2D eigenvalue weighted by Crippen LogP contribution is -2.56. The van der Waals surface area contributed by atoms with E-state index in [1.165, 1.54) is 0 Å². The zero-order valence-corrected chi connectivity index (χ0v) is 8.52. The molecule has 1 heterocycles. The van der Waals surface area contributed by atoms with Crippen LogP contribution >= 0.6 is 11.8 Å². The number of hydrogen-bond acceptors (Lipinski definition) is 3. The summed E-state index contributed by atoms with van der Waals surface area (Å²) in [5.41, 5.74) is -0.731. The molecule has 0 aromatic carbocycles. The van der Waals surface area contributed by atoms with Crippen molar-refractivity contribution in [3.05, 3.63) is 0 Å². The van der Waals surface area contributed by atoms with E-state index in [4.69, 9.17) is 5.11 Å². The summed E-state index contributed by atoms with van der Waals surface area (Å²) >= 11 is 1.87. The molecule has 4 heteroatoms. The number of thioether (sulfide) groups is 1. The number of hydrogen-bond donors (Lipinski definition) is 1. The maximum absolute atomic E-state index is 10.9. The number of likely N-dealkylation sites (N-methyl/N-ethyl adjacent to an activating group) is 1. The molecule has 1 rings (SSSR count). The Morgan fingerprint density at radius 1 is 1.58 bits per heavy atom. The fourth-order valence-electron chi connectivity index (χ4n) is 1.05. The van der Waals surface area contributed by atoms with Gasteiger partial charge in [-0.3, -0.25) is 9.69 Å². The van der Waals surface area contributed by atoms with Crippen LogP contribution in [0.15, 0.2) is 0 Å². The first kappa shape index (κ1) is 9.86. The second-order valence-corrected chi connectivity index (χ2v) is 4.74. The summed E-state index contributed by atoms with van der Waals surface area (Å²) in [5, 5.41) is 8.93. The number of rotatable bonds is 3. The van der Waals surface area contributed by atoms with Crippen LogP contribution in [0.3, 0.4) is 0 Å². The third kappa shape index (κ3) is 1.59. The normalized spacial score (nSPS) is 19.3. The van der Waals surface area contributed by atoms with E-state index < -0.39 is 11.5 Å². The van der Waals surface area contributed by atoms with Crippen molar-refractivity contribution in [2.24, 2.45) is 0 Å². The molecular formula is C8H15NO2S. The number of aliphatic carboxylic acids is 1. The van der Waals surface area contributed by atoms with Crippen molar-refractivity contribution in [1.82, 2.24) is 4.90 Å². The molecule has 0 aliphatic carbocycles. The number of carboxylic acid groups (broad SMARTS) is 1. The second kappa shape index (κ2) is 3.26. The molecule has 0 unspecified atom stereocenters. The Morgan fingerprint density at radius 3 is 2.33 bits per heavy atom. The molecule has 12 heavy (non-hydrogen) atoms. The van der Waals surface area contributed by atoms with E-state index in [-0.39, 0.29) is 0 Å². The lowest BCUT2D eigenvalue weighted by atomic mass is 10.0. The van der Waals surface area contributed by atoms with Gasteiger partial charge in [0.05, 0.1) is 0 Å². The number of carbonyl (C=O) groups is 1. The molecule has 1 saturated heterocycles. The molecule has 0 atom stereocenters. The van der Waals surface area contributed by atoms with E-state index in [1.54, 1.807) is 13.8 Å². The largest absolute Gasteiger partial charge is 0.480 e. The smallest absolute Gasteiger partial charge is 0.323 e. The molecule has 1 N–H and O–H groups in total. The molecule has 0 amide bonds. The van der Waals surface area contributed by atoms with Gasteiger partial charge in [-0.05, 0) is 20.9 Å². The van der Waals surface area contributed by atoms with Crippen LogP contribution in [-0.4, -0.2) is 46.1 Å². The third-order valence-corrected chi connectivity index (χ3v) is 3.81. The minimum absolute atomic E-state index is 0.445. The van der Waals surface area contributed by atoms with Crippen LogP contribution in [0.5, 0.6) is 0 Å². The predicted molar refractivity (Wildman–Crippen MR) is 50.6 cm³/mol. The highest BCUT2D eigenvalue weighted by Gasteiger charge is 2.38. The van der Waals surface area contributed by atoms with Gasteiger partial charge in [0.15, 0.2) is 0 Å². The maximum Gasteiger partial charge on any atom is 0.323 e. The van der Waals surface area contributed by atoms with E-state index in [9.17, 15) is 4.79 Å². The van der Waals surface area contributed by atoms with Crippen molar-refractivity contribution in [2.45, 2.75) is 25.4 Å². The molecule has 0 saturated carbocycles. The highest BCUT2D eigenvalue weighted by Crippen LogP contribution is 2.27. The van der Waals surface area contributed by atoms with Gasteiger partial charge >= 0.3 is 5.97 Å². The van der Waals surface area contributed by atoms with Gasteiger partial charge in [-0.15, -0.1) is 0 Å². The molecule has 1 aliphatic rings. The first-order valence-corrected chi connectivity index (χ1v) is 5.16. The summed E-state index contributed by atoms with van der Waals surface area (Å²) < 4.78 is 0. The summed E-state index contributed by atoms with van der Waals surface area (Å²) in [6, 6.07) is 0.445. The van der Waals surface area contributed by atoms with Gasteiger partial charge in [0, 0.05) is 17.5 Å². The molecule has 0 spiro atoms. The molecule has 0 bridgehead atoms. The third-order valence-electron chi connectivity index (χ3n) is 2.57. The van der Waals surface area contributed by atoms with Gasteiger partial charge in [0.25, 0.3) is 0 Å². The van der Waals surface area contributed by atoms with Gasteiger partial charge in [0.1, 0.15) is 5.54 Å². The van der Waals surface area contributed by atoms with Gasteiger partial charge in [-0.1, -0.05) is 0 Å². The maximum atomic E-state index is 10.9. The highest BCUT2D eigenvalue weighted by atomic mass is 32.2. The Morgan fingerprint density at radius 2 is 2.08 bits per heavy atom. The van der Waals surface area contributed by atoms with Crippen molar-refractivity contribution < 1.29 is 9.90 Å². The minimum atomic E-state index is -0.748. The van der Waals surface area contributed by atoms with Gasteiger partial charge < -0.3 is 5.11 Å². The molecule has 1 fully saturated rings. The average molecular weight is 189 g/mol. The van der Waals surface area contributed by atoms with E-state index in [1.807, 2.05) is 23.7 Å². The van der Waals surface area contributed by atoms with Crippen LogP contribution in [0.4, 0.5) is 0 Å². The van der Waals surface area contributed by atoms with E-state index in [0.29, 0.717) is 6.04 Å². The van der Waals surface area contributed by atoms with Crippen molar-refractivity contribution in [2.75, 3.05) is 18.6 Å². The SMILES string of the molecule is CN(C1CSC1)C(C)(C)C(=O)O. The van der Waals surface area contributed by atoms with Crippen LogP contribution in [0.1, 0.15) is 13.8 Å². The quantitative estimate of drug-likeness (QED) is 0.716. The summed E-state index contributed by atoms with van der Waals surface area (Å²) in [6.45, 7) is 3.50. The Balaban J connectivity index is 2.59. The molecular weight excluding hydrogens is 174 g/mol. The molecule has 0 aromatic rings. The Labute approximate surface area is 77.1 Å². The standard InChI is InChI=1S/C8H15NO2S/c1-8(2,7(10)11)9(3)6-4-12-5-6/h6H,4-5H2,1-3H3,(H,10,11). The van der Waals surface area contributed by atoms with Crippen LogP contribution < -0.4 is 0 Å². The summed E-state index contributed by atoms with van der Waals surface area (Å²) in [5.74, 6) is 1.38. The minimum Gasteiger partial charge on any atom is -0.480 e. The van der Waals surface area contributed by atoms with Crippen molar-refractivity contribution in [1.29, 1.82) is 0 Å². The Hall–Kier alpha value is -0.220. The average Bonchev–Trinajstić information content (AvgIpc) is 1.83. The molecule has 0 radical (unpaired) electrons. The van der Waals surface area contributed by atoms with Crippen LogP contribution in [0, 0.1) is 0 Å². The lowest BCUT2D eigenvalue weighted by molar-refractivity contribution is -0.149. The molecule has 70 valence electrons. The molecule has 1 aliphatic heterocycles. The first-order chi connectivity index (χ1) is 5.46.